The van der Waals surface area contributed by atoms with Crippen LogP contribution in [0.2, 0.25) is 0 Å². The maximum absolute atomic E-state index is 13.6. The Morgan fingerprint density at radius 1 is 0.972 bits per heavy atom. The third kappa shape index (κ3) is 2.93. The number of carbonyl (C=O) groups excluding carboxylic acids is 3. The lowest BCUT2D eigenvalue weighted by Crippen LogP contribution is -2.66. The Hall–Kier alpha value is -2.37. The average molecular weight is 497 g/mol. The number of benzene rings is 1. The van der Waals surface area contributed by atoms with Crippen molar-refractivity contribution in [2.24, 2.45) is 33.5 Å². The molecule has 0 aromatic heterocycles. The zero-order valence-corrected chi connectivity index (χ0v) is 22.5. The van der Waals surface area contributed by atoms with Gasteiger partial charge in [0.2, 0.25) is 0 Å². The summed E-state index contributed by atoms with van der Waals surface area (Å²) in [4.78, 5) is 38.3. The van der Waals surface area contributed by atoms with Crippen LogP contribution in [0.5, 0.6) is 11.5 Å². The minimum atomic E-state index is -0.510. The Balaban J connectivity index is 1.64. The number of rotatable bonds is 2. The van der Waals surface area contributed by atoms with Crippen molar-refractivity contribution in [1.82, 2.24) is 0 Å². The van der Waals surface area contributed by atoms with Crippen LogP contribution in [-0.4, -0.2) is 35.4 Å². The summed E-state index contributed by atoms with van der Waals surface area (Å²) in [6.45, 7) is 11.4. The molecule has 0 bridgehead atoms. The molecule has 0 saturated heterocycles. The summed E-state index contributed by atoms with van der Waals surface area (Å²) in [5.74, 6) is -0.763. The van der Waals surface area contributed by atoms with Crippen molar-refractivity contribution in [3.8, 4) is 11.5 Å². The molecule has 2 N–H and O–H groups in total. The van der Waals surface area contributed by atoms with E-state index in [1.54, 1.807) is 0 Å². The number of ether oxygens (including phenoxy) is 1. The van der Waals surface area contributed by atoms with Gasteiger partial charge in [-0.3, -0.25) is 14.4 Å². The second-order valence-corrected chi connectivity index (χ2v) is 13.6. The fourth-order valence-corrected chi connectivity index (χ4v) is 9.52. The molecule has 0 unspecified atom stereocenters. The average Bonchev–Trinajstić information content (AvgIpc) is 2.84. The first-order valence-electron chi connectivity index (χ1n) is 13.4. The Kier molecular flexibility index (Phi) is 5.32. The van der Waals surface area contributed by atoms with Gasteiger partial charge in [0, 0.05) is 12.0 Å². The van der Waals surface area contributed by atoms with Crippen LogP contribution in [0.4, 0.5) is 0 Å². The Labute approximate surface area is 213 Å². The summed E-state index contributed by atoms with van der Waals surface area (Å²) < 4.78 is 5.24. The summed E-state index contributed by atoms with van der Waals surface area (Å²) in [5.41, 5.74) is -0.132. The minimum Gasteiger partial charge on any atom is -0.504 e. The van der Waals surface area contributed by atoms with E-state index >= 15 is 0 Å². The zero-order valence-electron chi connectivity index (χ0n) is 22.5. The maximum atomic E-state index is 13.6. The summed E-state index contributed by atoms with van der Waals surface area (Å²) >= 11 is 0. The van der Waals surface area contributed by atoms with Gasteiger partial charge < -0.3 is 14.9 Å². The number of methoxy groups -OCH3 is 1. The van der Waals surface area contributed by atoms with E-state index < -0.39 is 16.6 Å². The molecule has 4 aliphatic carbocycles. The van der Waals surface area contributed by atoms with Crippen molar-refractivity contribution in [1.29, 1.82) is 0 Å². The summed E-state index contributed by atoms with van der Waals surface area (Å²) in [6, 6.07) is 1.52. The molecule has 6 heteroatoms. The predicted molar refractivity (Wildman–Crippen MR) is 135 cm³/mol. The number of ketones is 1. The zero-order chi connectivity index (χ0) is 26.5. The van der Waals surface area contributed by atoms with E-state index in [1.807, 2.05) is 0 Å². The molecule has 0 radical (unpaired) electrons. The summed E-state index contributed by atoms with van der Waals surface area (Å²) in [6.07, 6.45) is 7.23. The number of aldehydes is 1. The van der Waals surface area contributed by atoms with Crippen LogP contribution in [0.15, 0.2) is 6.07 Å². The van der Waals surface area contributed by atoms with E-state index in [9.17, 15) is 24.6 Å². The molecule has 6 nitrogen and oxygen atoms in total. The Morgan fingerprint density at radius 3 is 2.22 bits per heavy atom. The SMILES string of the molecule is COC(=O)[C@]1(C)CC[C@]2(C)CC[C@]3(C)[C@H]4CC(=O)c5c(cc(O)c(O)c5C=O)[C@]4(C)CC[C@@]3(C)[C@@H]2C1. The van der Waals surface area contributed by atoms with Crippen molar-refractivity contribution < 1.29 is 29.3 Å². The van der Waals surface area contributed by atoms with Gasteiger partial charge in [-0.2, -0.15) is 0 Å². The van der Waals surface area contributed by atoms with E-state index in [4.69, 9.17) is 4.74 Å². The van der Waals surface area contributed by atoms with Gasteiger partial charge in [-0.15, -0.1) is 0 Å². The molecule has 7 atom stereocenters. The second-order valence-electron chi connectivity index (χ2n) is 13.6. The van der Waals surface area contributed by atoms with E-state index in [-0.39, 0.29) is 50.8 Å². The molecular weight excluding hydrogens is 456 g/mol. The lowest BCUT2D eigenvalue weighted by molar-refractivity contribution is -0.212. The minimum absolute atomic E-state index is 0.0306. The molecule has 4 aliphatic rings. The normalized spacial score (nSPS) is 43.4. The number of hydrogen-bond acceptors (Lipinski definition) is 6. The number of carbonyl (C=O) groups is 3. The molecule has 36 heavy (non-hydrogen) atoms. The van der Waals surface area contributed by atoms with Crippen LogP contribution in [-0.2, 0) is 14.9 Å². The van der Waals surface area contributed by atoms with Gasteiger partial charge in [0.25, 0.3) is 0 Å². The lowest BCUT2D eigenvalue weighted by Gasteiger charge is -2.71. The molecule has 0 spiro atoms. The first-order valence-corrected chi connectivity index (χ1v) is 13.4. The first kappa shape index (κ1) is 25.3. The van der Waals surface area contributed by atoms with E-state index in [0.717, 1.165) is 44.9 Å². The number of aromatic hydroxyl groups is 2. The fraction of sp³-hybridized carbons (Fsp3) is 0.700. The van der Waals surface area contributed by atoms with Gasteiger partial charge in [-0.05, 0) is 97.0 Å². The maximum Gasteiger partial charge on any atom is 0.311 e. The molecular formula is C30H40O6. The number of esters is 1. The monoisotopic (exact) mass is 496 g/mol. The van der Waals surface area contributed by atoms with E-state index in [2.05, 4.69) is 34.6 Å². The van der Waals surface area contributed by atoms with Crippen LogP contribution in [0.3, 0.4) is 0 Å². The van der Waals surface area contributed by atoms with Crippen molar-refractivity contribution in [2.45, 2.75) is 91.4 Å². The number of phenols is 2. The number of phenolic OH excluding ortho intramolecular Hbond substituents is 2. The molecule has 1 aromatic carbocycles. The van der Waals surface area contributed by atoms with Crippen LogP contribution in [0, 0.1) is 33.5 Å². The van der Waals surface area contributed by atoms with Gasteiger partial charge >= 0.3 is 5.97 Å². The quantitative estimate of drug-likeness (QED) is 0.298. The van der Waals surface area contributed by atoms with Gasteiger partial charge in [0.15, 0.2) is 23.6 Å². The largest absolute Gasteiger partial charge is 0.504 e. The molecule has 1 aromatic rings. The Morgan fingerprint density at radius 2 is 1.58 bits per heavy atom. The van der Waals surface area contributed by atoms with Gasteiger partial charge in [0.1, 0.15) is 0 Å². The van der Waals surface area contributed by atoms with Crippen LogP contribution < -0.4 is 0 Å². The summed E-state index contributed by atoms with van der Waals surface area (Å²) in [7, 11) is 1.48. The van der Waals surface area contributed by atoms with Crippen molar-refractivity contribution in [3.05, 3.63) is 22.8 Å². The van der Waals surface area contributed by atoms with Crippen LogP contribution in [0.1, 0.15) is 112 Å². The number of hydrogen-bond donors (Lipinski definition) is 2. The topological polar surface area (TPSA) is 101 Å². The second kappa shape index (κ2) is 7.58. The lowest BCUT2D eigenvalue weighted by atomic mass is 9.32. The number of Topliss-reactive ketones (excluding diaryl/α,β-unsaturated/α-hetero) is 1. The highest BCUT2D eigenvalue weighted by molar-refractivity contribution is 6.07. The van der Waals surface area contributed by atoms with Crippen LogP contribution in [0.25, 0.3) is 0 Å². The van der Waals surface area contributed by atoms with Gasteiger partial charge in [-0.1, -0.05) is 27.7 Å². The van der Waals surface area contributed by atoms with Gasteiger partial charge in [-0.25, -0.2) is 0 Å². The molecule has 0 aliphatic heterocycles. The van der Waals surface area contributed by atoms with Gasteiger partial charge in [0.05, 0.1) is 18.1 Å². The highest BCUT2D eigenvalue weighted by Gasteiger charge is 2.69. The third-order valence-corrected chi connectivity index (χ3v) is 12.1. The molecule has 196 valence electrons. The molecule has 5 rings (SSSR count). The van der Waals surface area contributed by atoms with Crippen molar-refractivity contribution in [3.63, 3.8) is 0 Å². The van der Waals surface area contributed by atoms with E-state index in [0.29, 0.717) is 24.2 Å². The molecule has 0 amide bonds. The highest BCUT2D eigenvalue weighted by Crippen LogP contribution is 2.75. The van der Waals surface area contributed by atoms with Crippen molar-refractivity contribution in [2.75, 3.05) is 7.11 Å². The van der Waals surface area contributed by atoms with Crippen LogP contribution >= 0.6 is 0 Å². The highest BCUT2D eigenvalue weighted by atomic mass is 16.5. The van der Waals surface area contributed by atoms with E-state index in [1.165, 1.54) is 13.2 Å². The Bertz CT molecular complexity index is 1170. The molecule has 3 saturated carbocycles. The number of fused-ring (bicyclic) bond motifs is 7. The molecule has 3 fully saturated rings. The smallest absolute Gasteiger partial charge is 0.311 e. The fourth-order valence-electron chi connectivity index (χ4n) is 9.52. The predicted octanol–water partition coefficient (Wildman–Crippen LogP) is 5.96. The standard InChI is InChI=1S/C30H40O6/c1-26-7-8-27(2,25(35)36-6)15-22(26)30(5)12-10-28(3)18-13-20(33)24(34)17(16-31)23(18)19(32)14-21(28)29(30,4)11-9-26/h13,16,21-22,33-34H,7-12,14-15H2,1-6H3/t21-,22+,26+,27+,28-,29+,30-/m0/s1. The third-order valence-electron chi connectivity index (χ3n) is 12.1. The van der Waals surface area contributed by atoms with Crippen molar-refractivity contribution >= 4 is 18.0 Å². The first-order chi connectivity index (χ1) is 16.7. The summed E-state index contributed by atoms with van der Waals surface area (Å²) in [5, 5.41) is 20.8. The molecule has 0 heterocycles.